The van der Waals surface area contributed by atoms with E-state index < -0.39 is 0 Å². The number of nitrogens with zero attached hydrogens (tertiary/aromatic N) is 5. The lowest BCUT2D eigenvalue weighted by molar-refractivity contribution is -0.0706. The van der Waals surface area contributed by atoms with Crippen LogP contribution in [-0.4, -0.2) is 68.8 Å². The van der Waals surface area contributed by atoms with Gasteiger partial charge in [0, 0.05) is 32.5 Å². The fraction of sp³-hybridized carbons (Fsp3) is 0.455. The van der Waals surface area contributed by atoms with Gasteiger partial charge in [-0.05, 0) is 31.5 Å². The highest BCUT2D eigenvalue weighted by Gasteiger charge is 2.38. The van der Waals surface area contributed by atoms with Crippen molar-refractivity contribution in [2.75, 3.05) is 32.8 Å². The summed E-state index contributed by atoms with van der Waals surface area (Å²) < 4.78 is 9.94. The molecule has 152 valence electrons. The van der Waals surface area contributed by atoms with Gasteiger partial charge in [0.2, 0.25) is 0 Å². The van der Waals surface area contributed by atoms with Crippen molar-refractivity contribution in [2.24, 2.45) is 7.05 Å². The molecule has 7 heteroatoms. The fourth-order valence-corrected chi connectivity index (χ4v) is 4.73. The van der Waals surface area contributed by atoms with Crippen LogP contribution in [0.3, 0.4) is 0 Å². The van der Waals surface area contributed by atoms with Crippen LogP contribution in [0.1, 0.15) is 34.8 Å². The molecule has 2 fully saturated rings. The third-order valence-electron chi connectivity index (χ3n) is 6.16. The van der Waals surface area contributed by atoms with Crippen molar-refractivity contribution < 1.29 is 9.53 Å². The molecule has 2 atom stereocenters. The van der Waals surface area contributed by atoms with Gasteiger partial charge in [0.25, 0.3) is 5.91 Å². The number of rotatable bonds is 4. The fourth-order valence-electron chi connectivity index (χ4n) is 4.73. The Kier molecular flexibility index (Phi) is 4.85. The molecule has 0 spiro atoms. The van der Waals surface area contributed by atoms with Crippen molar-refractivity contribution in [2.45, 2.75) is 25.0 Å². The monoisotopic (exact) mass is 393 g/mol. The van der Waals surface area contributed by atoms with Crippen molar-refractivity contribution in [1.82, 2.24) is 24.0 Å². The molecule has 0 radical (unpaired) electrons. The van der Waals surface area contributed by atoms with Gasteiger partial charge in [-0.15, -0.1) is 0 Å². The van der Waals surface area contributed by atoms with Crippen LogP contribution in [0, 0.1) is 0 Å². The summed E-state index contributed by atoms with van der Waals surface area (Å²) in [5.74, 6) is 0.0189. The highest BCUT2D eigenvalue weighted by Crippen LogP contribution is 2.32. The molecule has 0 N–H and O–H groups in total. The average Bonchev–Trinajstić information content (AvgIpc) is 3.48. The van der Waals surface area contributed by atoms with Crippen LogP contribution in [0.4, 0.5) is 0 Å². The summed E-state index contributed by atoms with van der Waals surface area (Å²) in [6.45, 7) is 4.23. The van der Waals surface area contributed by atoms with Crippen molar-refractivity contribution in [1.29, 1.82) is 0 Å². The quantitative estimate of drug-likeness (QED) is 0.683. The molecule has 2 aliphatic rings. The Hall–Kier alpha value is -2.64. The van der Waals surface area contributed by atoms with E-state index in [4.69, 9.17) is 4.74 Å². The first kappa shape index (κ1) is 18.4. The van der Waals surface area contributed by atoms with E-state index in [0.29, 0.717) is 18.7 Å². The van der Waals surface area contributed by atoms with Crippen molar-refractivity contribution in [3.63, 3.8) is 0 Å². The van der Waals surface area contributed by atoms with Crippen LogP contribution in [0.15, 0.2) is 48.9 Å². The van der Waals surface area contributed by atoms with E-state index in [0.717, 1.165) is 30.8 Å². The molecule has 0 bridgehead atoms. The van der Waals surface area contributed by atoms with Crippen molar-refractivity contribution in [3.05, 3.63) is 60.0 Å². The zero-order valence-electron chi connectivity index (χ0n) is 16.8. The minimum Gasteiger partial charge on any atom is -0.373 e. The minimum atomic E-state index is -0.103. The van der Waals surface area contributed by atoms with E-state index in [1.54, 1.807) is 10.7 Å². The number of imidazole rings is 1. The molecule has 29 heavy (non-hydrogen) atoms. The van der Waals surface area contributed by atoms with Crippen molar-refractivity contribution in [3.8, 4) is 0 Å². The number of hydrogen-bond donors (Lipinski definition) is 0. The van der Waals surface area contributed by atoms with Gasteiger partial charge in [-0.25, -0.2) is 4.52 Å². The second-order valence-corrected chi connectivity index (χ2v) is 8.01. The Labute approximate surface area is 170 Å². The topological polar surface area (TPSA) is 55.0 Å². The number of morpholine rings is 1. The van der Waals surface area contributed by atoms with E-state index in [1.807, 2.05) is 47.1 Å². The average molecular weight is 393 g/mol. The lowest BCUT2D eigenvalue weighted by Crippen LogP contribution is -2.51. The summed E-state index contributed by atoms with van der Waals surface area (Å²) in [5, 5.41) is 4.36. The lowest BCUT2D eigenvalue weighted by Gasteiger charge is -2.42. The first-order valence-electron chi connectivity index (χ1n) is 10.4. The van der Waals surface area contributed by atoms with E-state index in [1.165, 1.54) is 12.8 Å². The zero-order chi connectivity index (χ0) is 19.8. The normalized spacial score (nSPS) is 23.1. The number of likely N-dealkylation sites (tertiary alicyclic amines) is 1. The Morgan fingerprint density at radius 1 is 1.14 bits per heavy atom. The number of hydrogen-bond acceptors (Lipinski definition) is 4. The Balaban J connectivity index is 1.50. The SMILES string of the molecule is Cn1ccn2ncc(C(=O)N3CCO[C@@H](CN4CCCC4)[C@@H]3c3ccccc3)c12. The summed E-state index contributed by atoms with van der Waals surface area (Å²) in [6, 6.07) is 10.2. The second kappa shape index (κ2) is 7.65. The third-order valence-corrected chi connectivity index (χ3v) is 6.16. The second-order valence-electron chi connectivity index (χ2n) is 8.01. The van der Waals surface area contributed by atoms with Crippen LogP contribution >= 0.6 is 0 Å². The minimum absolute atomic E-state index is 0.0189. The number of carbonyl (C=O) groups is 1. The molecule has 1 aromatic carbocycles. The third kappa shape index (κ3) is 3.34. The molecule has 1 amide bonds. The van der Waals surface area contributed by atoms with E-state index in [9.17, 15) is 4.79 Å². The number of amides is 1. The first-order chi connectivity index (χ1) is 14.2. The molecule has 2 saturated heterocycles. The van der Waals surface area contributed by atoms with Gasteiger partial charge < -0.3 is 19.1 Å². The highest BCUT2D eigenvalue weighted by atomic mass is 16.5. The van der Waals surface area contributed by atoms with Gasteiger partial charge >= 0.3 is 0 Å². The molecule has 0 aliphatic carbocycles. The maximum absolute atomic E-state index is 13.7. The van der Waals surface area contributed by atoms with Gasteiger partial charge in [-0.1, -0.05) is 30.3 Å². The van der Waals surface area contributed by atoms with Gasteiger partial charge in [0.05, 0.1) is 24.9 Å². The molecule has 2 aromatic heterocycles. The number of aryl methyl sites for hydroxylation is 1. The van der Waals surface area contributed by atoms with E-state index >= 15 is 0 Å². The molecule has 4 heterocycles. The number of aromatic nitrogens is 3. The molecule has 0 saturated carbocycles. The zero-order valence-corrected chi connectivity index (χ0v) is 16.8. The molecular formula is C22H27N5O2. The number of ether oxygens (including phenoxy) is 1. The summed E-state index contributed by atoms with van der Waals surface area (Å²) in [6.07, 6.45) is 7.93. The maximum atomic E-state index is 13.7. The molecule has 5 rings (SSSR count). The Bertz CT molecular complexity index is 989. The molecule has 7 nitrogen and oxygen atoms in total. The van der Waals surface area contributed by atoms with Gasteiger partial charge in [0.15, 0.2) is 0 Å². The van der Waals surface area contributed by atoms with Crippen molar-refractivity contribution >= 4 is 11.6 Å². The number of benzene rings is 1. The molecular weight excluding hydrogens is 366 g/mol. The van der Waals surface area contributed by atoms with Gasteiger partial charge in [0.1, 0.15) is 11.2 Å². The summed E-state index contributed by atoms with van der Waals surface area (Å²) >= 11 is 0. The summed E-state index contributed by atoms with van der Waals surface area (Å²) in [4.78, 5) is 18.1. The maximum Gasteiger partial charge on any atom is 0.259 e. The predicted octanol–water partition coefficient (Wildman–Crippen LogP) is 2.35. The number of carbonyl (C=O) groups excluding carboxylic acids is 1. The lowest BCUT2D eigenvalue weighted by atomic mass is 9.96. The molecule has 3 aromatic rings. The summed E-state index contributed by atoms with van der Waals surface area (Å²) in [7, 11) is 1.94. The largest absolute Gasteiger partial charge is 0.373 e. The smallest absolute Gasteiger partial charge is 0.259 e. The van der Waals surface area contributed by atoms with E-state index in [2.05, 4.69) is 22.1 Å². The first-order valence-corrected chi connectivity index (χ1v) is 10.4. The van der Waals surface area contributed by atoms with Gasteiger partial charge in [-0.3, -0.25) is 4.79 Å². The molecule has 0 unspecified atom stereocenters. The summed E-state index contributed by atoms with van der Waals surface area (Å²) in [5.41, 5.74) is 2.59. The number of fused-ring (bicyclic) bond motifs is 1. The molecule has 2 aliphatic heterocycles. The van der Waals surface area contributed by atoms with Gasteiger partial charge in [-0.2, -0.15) is 5.10 Å². The van der Waals surface area contributed by atoms with Crippen LogP contribution in [0.25, 0.3) is 5.65 Å². The van der Waals surface area contributed by atoms with Crippen LogP contribution in [-0.2, 0) is 11.8 Å². The van der Waals surface area contributed by atoms with Crippen LogP contribution in [0.5, 0.6) is 0 Å². The van der Waals surface area contributed by atoms with Crippen LogP contribution < -0.4 is 0 Å². The van der Waals surface area contributed by atoms with Crippen LogP contribution in [0.2, 0.25) is 0 Å². The Morgan fingerprint density at radius 2 is 1.93 bits per heavy atom. The predicted molar refractivity (Wildman–Crippen MR) is 110 cm³/mol. The standard InChI is InChI=1S/C22H27N5O2/c1-24-11-12-27-21(24)18(15-23-27)22(28)26-13-14-29-19(16-25-9-5-6-10-25)20(26)17-7-3-2-4-8-17/h2-4,7-8,11-12,15,19-20H,5-6,9-10,13-14,16H2,1H3/t19-,20-/m0/s1. The highest BCUT2D eigenvalue weighted by molar-refractivity contribution is 6.00. The van der Waals surface area contributed by atoms with E-state index in [-0.39, 0.29) is 18.1 Å². The Morgan fingerprint density at radius 3 is 2.72 bits per heavy atom.